The summed E-state index contributed by atoms with van der Waals surface area (Å²) in [6.45, 7) is 0.210. The van der Waals surface area contributed by atoms with Gasteiger partial charge in [-0.25, -0.2) is 19.3 Å². The molecule has 0 saturated carbocycles. The normalized spacial score (nSPS) is 18.3. The molecule has 0 aliphatic carbocycles. The molecule has 0 bridgehead atoms. The largest absolute Gasteiger partial charge is 0.337 e. The Morgan fingerprint density at radius 2 is 2.14 bits per heavy atom. The first-order valence-electron chi connectivity index (χ1n) is 6.64. The van der Waals surface area contributed by atoms with E-state index in [-0.39, 0.29) is 12.5 Å². The van der Waals surface area contributed by atoms with Crippen LogP contribution in [0.2, 0.25) is 0 Å². The zero-order valence-electron chi connectivity index (χ0n) is 11.3. The van der Waals surface area contributed by atoms with E-state index in [0.29, 0.717) is 11.3 Å². The van der Waals surface area contributed by atoms with Crippen LogP contribution in [0.3, 0.4) is 0 Å². The fraction of sp³-hybridized carbons (Fsp3) is 0.154. The van der Waals surface area contributed by atoms with Crippen molar-refractivity contribution in [2.24, 2.45) is 0 Å². The summed E-state index contributed by atoms with van der Waals surface area (Å²) in [7, 11) is 0. The molecule has 0 spiro atoms. The highest BCUT2D eigenvalue weighted by molar-refractivity contribution is 6.00. The molecule has 0 aromatic carbocycles. The molecule has 1 unspecified atom stereocenters. The summed E-state index contributed by atoms with van der Waals surface area (Å²) in [5, 5.41) is 9.27. The van der Waals surface area contributed by atoms with Crippen molar-refractivity contribution in [2.45, 2.75) is 5.92 Å². The van der Waals surface area contributed by atoms with Gasteiger partial charge in [0.1, 0.15) is 0 Å². The second-order valence-electron chi connectivity index (χ2n) is 4.87. The van der Waals surface area contributed by atoms with Crippen molar-refractivity contribution in [3.05, 3.63) is 42.9 Å². The van der Waals surface area contributed by atoms with Crippen molar-refractivity contribution in [3.63, 3.8) is 0 Å². The number of nitrogens with zero attached hydrogens (tertiary/aromatic N) is 5. The molecule has 1 saturated heterocycles. The molecule has 9 heteroatoms. The lowest BCUT2D eigenvalue weighted by atomic mass is 10.0. The van der Waals surface area contributed by atoms with Crippen LogP contribution >= 0.6 is 0 Å². The lowest BCUT2D eigenvalue weighted by molar-refractivity contribution is -0.122. The Morgan fingerprint density at radius 3 is 2.91 bits per heavy atom. The average molecular weight is 297 g/mol. The van der Waals surface area contributed by atoms with E-state index < -0.39 is 11.9 Å². The summed E-state index contributed by atoms with van der Waals surface area (Å²) in [5.74, 6) is -0.918. The Labute approximate surface area is 124 Å². The van der Waals surface area contributed by atoms with Gasteiger partial charge in [0, 0.05) is 31.3 Å². The predicted octanol–water partition coefficient (Wildman–Crippen LogP) is -0.162. The number of imidazole rings is 2. The monoisotopic (exact) mass is 297 g/mol. The zero-order valence-corrected chi connectivity index (χ0v) is 11.3. The van der Waals surface area contributed by atoms with Crippen LogP contribution in [0.1, 0.15) is 11.6 Å². The van der Waals surface area contributed by atoms with Crippen LogP contribution in [-0.2, 0) is 4.79 Å². The number of nitrogens with one attached hydrogen (secondary N) is 2. The molecule has 3 aromatic heterocycles. The summed E-state index contributed by atoms with van der Waals surface area (Å²) >= 11 is 0. The number of imide groups is 1. The molecule has 1 atom stereocenters. The van der Waals surface area contributed by atoms with Gasteiger partial charge in [0.15, 0.2) is 5.65 Å². The quantitative estimate of drug-likeness (QED) is 0.683. The summed E-state index contributed by atoms with van der Waals surface area (Å²) < 4.78 is 3.40. The van der Waals surface area contributed by atoms with Gasteiger partial charge in [-0.3, -0.25) is 10.1 Å². The van der Waals surface area contributed by atoms with Crippen molar-refractivity contribution < 1.29 is 9.59 Å². The highest BCUT2D eigenvalue weighted by Gasteiger charge is 2.29. The van der Waals surface area contributed by atoms with Gasteiger partial charge in [0.05, 0.1) is 23.6 Å². The van der Waals surface area contributed by atoms with Crippen molar-refractivity contribution in [1.29, 1.82) is 0 Å². The first kappa shape index (κ1) is 12.5. The highest BCUT2D eigenvalue weighted by Crippen LogP contribution is 2.21. The predicted molar refractivity (Wildman–Crippen MR) is 74.4 cm³/mol. The van der Waals surface area contributed by atoms with Gasteiger partial charge < -0.3 is 9.88 Å². The lowest BCUT2D eigenvalue weighted by Gasteiger charge is -2.22. The van der Waals surface area contributed by atoms with Crippen LogP contribution in [-0.4, -0.2) is 42.6 Å². The minimum absolute atomic E-state index is 0.210. The van der Waals surface area contributed by atoms with Crippen molar-refractivity contribution in [2.75, 3.05) is 6.54 Å². The van der Waals surface area contributed by atoms with E-state index in [1.54, 1.807) is 46.3 Å². The van der Waals surface area contributed by atoms with Gasteiger partial charge in [-0.1, -0.05) is 0 Å². The number of carbonyl (C=O) groups excluding carboxylic acids is 2. The van der Waals surface area contributed by atoms with Crippen LogP contribution in [0.25, 0.3) is 11.3 Å². The molecule has 110 valence electrons. The first-order chi connectivity index (χ1) is 10.7. The van der Waals surface area contributed by atoms with E-state index in [1.807, 2.05) is 0 Å². The summed E-state index contributed by atoms with van der Waals surface area (Å²) in [6, 6.07) is 1.30. The first-order valence-corrected chi connectivity index (χ1v) is 6.64. The molecule has 22 heavy (non-hydrogen) atoms. The van der Waals surface area contributed by atoms with Gasteiger partial charge in [0.25, 0.3) is 0 Å². The molecule has 1 fully saturated rings. The van der Waals surface area contributed by atoms with Gasteiger partial charge >= 0.3 is 6.03 Å². The maximum Gasteiger partial charge on any atom is 0.321 e. The van der Waals surface area contributed by atoms with Gasteiger partial charge in [-0.2, -0.15) is 5.10 Å². The summed E-state index contributed by atoms with van der Waals surface area (Å²) in [6.07, 6.45) is 8.44. The van der Waals surface area contributed by atoms with Crippen LogP contribution in [0, 0.1) is 0 Å². The highest BCUT2D eigenvalue weighted by atomic mass is 16.2. The summed E-state index contributed by atoms with van der Waals surface area (Å²) in [5.41, 5.74) is 1.96. The molecule has 4 heterocycles. The average Bonchev–Trinajstić information content (AvgIpc) is 3.17. The molecule has 1 aliphatic heterocycles. The molecule has 3 amide bonds. The number of rotatable bonds is 2. The molecular formula is C13H11N7O2. The Bertz CT molecular complexity index is 868. The molecule has 2 N–H and O–H groups in total. The fourth-order valence-corrected chi connectivity index (χ4v) is 2.45. The van der Waals surface area contributed by atoms with E-state index in [9.17, 15) is 9.59 Å². The van der Waals surface area contributed by atoms with Crippen LogP contribution < -0.4 is 10.6 Å². The standard InChI is InChI=1S/C13H11N7O2/c21-12-8(6-16-13(22)17-12)9-5-10(19-3-1-14-7-19)11-15-2-4-20(11)18-9/h1-5,7-8H,6H2,(H2,16,17,21,22). The number of amides is 3. The second kappa shape index (κ2) is 4.65. The fourth-order valence-electron chi connectivity index (χ4n) is 2.45. The molecular weight excluding hydrogens is 286 g/mol. The van der Waals surface area contributed by atoms with E-state index in [4.69, 9.17) is 0 Å². The molecule has 4 rings (SSSR count). The SMILES string of the molecule is O=C1NCC(c2cc(-n3ccnc3)c3nccn3n2)C(=O)N1. The molecule has 3 aromatic rings. The van der Waals surface area contributed by atoms with E-state index in [2.05, 4.69) is 25.7 Å². The van der Waals surface area contributed by atoms with Crippen LogP contribution in [0.5, 0.6) is 0 Å². The van der Waals surface area contributed by atoms with Crippen molar-refractivity contribution in [1.82, 2.24) is 34.8 Å². The molecule has 9 nitrogen and oxygen atoms in total. The maximum atomic E-state index is 12.0. The smallest absolute Gasteiger partial charge is 0.321 e. The van der Waals surface area contributed by atoms with Crippen molar-refractivity contribution in [3.8, 4) is 5.69 Å². The number of hydrogen-bond donors (Lipinski definition) is 2. The minimum atomic E-state index is -0.549. The number of fused-ring (bicyclic) bond motifs is 1. The van der Waals surface area contributed by atoms with Gasteiger partial charge in [0.2, 0.25) is 5.91 Å². The number of aromatic nitrogens is 5. The minimum Gasteiger partial charge on any atom is -0.337 e. The van der Waals surface area contributed by atoms with E-state index in [1.165, 1.54) is 0 Å². The number of carbonyl (C=O) groups is 2. The Balaban J connectivity index is 1.85. The van der Waals surface area contributed by atoms with E-state index in [0.717, 1.165) is 5.69 Å². The third-order valence-corrected chi connectivity index (χ3v) is 3.52. The maximum absolute atomic E-state index is 12.0. The Kier molecular flexibility index (Phi) is 2.65. The van der Waals surface area contributed by atoms with Gasteiger partial charge in [-0.15, -0.1) is 0 Å². The van der Waals surface area contributed by atoms with Gasteiger partial charge in [-0.05, 0) is 6.07 Å². The Hall–Kier alpha value is -3.23. The van der Waals surface area contributed by atoms with Crippen LogP contribution in [0.4, 0.5) is 4.79 Å². The number of urea groups is 1. The van der Waals surface area contributed by atoms with Crippen LogP contribution in [0.15, 0.2) is 37.2 Å². The number of hydrogen-bond acceptors (Lipinski definition) is 5. The Morgan fingerprint density at radius 1 is 1.23 bits per heavy atom. The third kappa shape index (κ3) is 1.91. The van der Waals surface area contributed by atoms with E-state index >= 15 is 0 Å². The molecule has 1 aliphatic rings. The lowest BCUT2D eigenvalue weighted by Crippen LogP contribution is -2.51. The second-order valence-corrected chi connectivity index (χ2v) is 4.87. The third-order valence-electron chi connectivity index (χ3n) is 3.52. The molecule has 0 radical (unpaired) electrons. The summed E-state index contributed by atoms with van der Waals surface area (Å²) in [4.78, 5) is 31.5. The topological polar surface area (TPSA) is 106 Å². The van der Waals surface area contributed by atoms with Crippen molar-refractivity contribution >= 4 is 17.6 Å². The zero-order chi connectivity index (χ0) is 15.1.